The molecule has 0 aliphatic heterocycles. The van der Waals surface area contributed by atoms with Crippen molar-refractivity contribution in [3.8, 4) is 11.1 Å². The van der Waals surface area contributed by atoms with E-state index >= 15 is 0 Å². The van der Waals surface area contributed by atoms with E-state index in [0.717, 1.165) is 28.1 Å². The minimum absolute atomic E-state index is 0.535. The normalized spacial score (nSPS) is 10.2. The summed E-state index contributed by atoms with van der Waals surface area (Å²) < 4.78 is 0. The second-order valence-electron chi connectivity index (χ2n) is 4.95. The summed E-state index contributed by atoms with van der Waals surface area (Å²) in [5.41, 5.74) is 12.1. The quantitative estimate of drug-likeness (QED) is 0.823. The summed E-state index contributed by atoms with van der Waals surface area (Å²) >= 11 is 0. The van der Waals surface area contributed by atoms with Gasteiger partial charge in [-0.15, -0.1) is 0 Å². The lowest BCUT2D eigenvalue weighted by Gasteiger charge is -2.09. The lowest BCUT2D eigenvalue weighted by molar-refractivity contribution is 1.07. The third kappa shape index (κ3) is 3.22. The topological polar surface area (TPSA) is 38.4 Å². The smallest absolute Gasteiger partial charge is 0.0629 e. The standard InChI is InChI=1S/C18H20N2/c1-13(2)20-14(3)15-8-6-9-16(11-15)18-10-5-4-7-17(18)12-19/h4-11H,3,12,19H2,1-2H3. The molecular formula is C18H20N2. The van der Waals surface area contributed by atoms with Crippen molar-refractivity contribution >= 4 is 11.4 Å². The fourth-order valence-corrected chi connectivity index (χ4v) is 2.18. The van der Waals surface area contributed by atoms with Gasteiger partial charge in [-0.25, -0.2) is 0 Å². The van der Waals surface area contributed by atoms with Gasteiger partial charge in [0.05, 0.1) is 5.70 Å². The summed E-state index contributed by atoms with van der Waals surface area (Å²) in [4.78, 5) is 4.42. The summed E-state index contributed by atoms with van der Waals surface area (Å²) in [6.45, 7) is 8.51. The molecule has 102 valence electrons. The van der Waals surface area contributed by atoms with Crippen LogP contribution >= 0.6 is 0 Å². The molecule has 0 aliphatic rings. The minimum atomic E-state index is 0.535. The molecule has 0 atom stereocenters. The van der Waals surface area contributed by atoms with Crippen LogP contribution in [0.2, 0.25) is 0 Å². The van der Waals surface area contributed by atoms with Crippen LogP contribution in [0.15, 0.2) is 60.1 Å². The van der Waals surface area contributed by atoms with Crippen LogP contribution in [-0.4, -0.2) is 5.71 Å². The molecule has 2 aromatic carbocycles. The first-order chi connectivity index (χ1) is 9.61. The van der Waals surface area contributed by atoms with E-state index in [4.69, 9.17) is 5.73 Å². The Hall–Kier alpha value is -2.19. The van der Waals surface area contributed by atoms with Crippen molar-refractivity contribution in [3.05, 3.63) is 66.2 Å². The molecule has 2 nitrogen and oxygen atoms in total. The SMILES string of the molecule is C=C(N=C(C)C)c1cccc(-c2ccccc2CN)c1. The van der Waals surface area contributed by atoms with Crippen molar-refractivity contribution in [2.75, 3.05) is 0 Å². The Labute approximate surface area is 120 Å². The molecule has 2 heteroatoms. The molecule has 2 aromatic rings. The Kier molecular flexibility index (Phi) is 4.49. The summed E-state index contributed by atoms with van der Waals surface area (Å²) in [5, 5.41) is 0. The van der Waals surface area contributed by atoms with Gasteiger partial charge in [-0.3, -0.25) is 4.99 Å². The third-order valence-electron chi connectivity index (χ3n) is 3.10. The average Bonchev–Trinajstić information content (AvgIpc) is 2.46. The van der Waals surface area contributed by atoms with Crippen LogP contribution in [0.5, 0.6) is 0 Å². The highest BCUT2D eigenvalue weighted by molar-refractivity contribution is 5.86. The van der Waals surface area contributed by atoms with Crippen molar-refractivity contribution in [2.24, 2.45) is 10.7 Å². The van der Waals surface area contributed by atoms with Gasteiger partial charge in [0.2, 0.25) is 0 Å². The molecule has 20 heavy (non-hydrogen) atoms. The van der Waals surface area contributed by atoms with Crippen LogP contribution in [0.4, 0.5) is 0 Å². The number of benzene rings is 2. The Balaban J connectivity index is 2.45. The van der Waals surface area contributed by atoms with Crippen molar-refractivity contribution in [1.82, 2.24) is 0 Å². The molecule has 2 N–H and O–H groups in total. The summed E-state index contributed by atoms with van der Waals surface area (Å²) in [6.07, 6.45) is 0. The maximum Gasteiger partial charge on any atom is 0.0629 e. The molecular weight excluding hydrogens is 244 g/mol. The van der Waals surface area contributed by atoms with Crippen molar-refractivity contribution in [3.63, 3.8) is 0 Å². The van der Waals surface area contributed by atoms with Crippen molar-refractivity contribution in [1.29, 1.82) is 0 Å². The molecule has 0 unspecified atom stereocenters. The van der Waals surface area contributed by atoms with Gasteiger partial charge in [-0.2, -0.15) is 0 Å². The summed E-state index contributed by atoms with van der Waals surface area (Å²) in [5.74, 6) is 0. The molecule has 0 saturated carbocycles. The molecule has 0 aliphatic carbocycles. The first-order valence-corrected chi connectivity index (χ1v) is 6.71. The average molecular weight is 264 g/mol. The van der Waals surface area contributed by atoms with Gasteiger partial charge in [-0.1, -0.05) is 49.0 Å². The molecule has 0 amide bonds. The number of rotatable bonds is 4. The van der Waals surface area contributed by atoms with Gasteiger partial charge in [0.25, 0.3) is 0 Å². The maximum atomic E-state index is 5.81. The molecule has 0 heterocycles. The van der Waals surface area contributed by atoms with Gasteiger partial charge >= 0.3 is 0 Å². The maximum absolute atomic E-state index is 5.81. The van der Waals surface area contributed by atoms with Crippen LogP contribution in [0.1, 0.15) is 25.0 Å². The molecule has 0 spiro atoms. The summed E-state index contributed by atoms with van der Waals surface area (Å²) in [7, 11) is 0. The molecule has 0 saturated heterocycles. The monoisotopic (exact) mass is 264 g/mol. The highest BCUT2D eigenvalue weighted by Crippen LogP contribution is 2.26. The van der Waals surface area contributed by atoms with E-state index in [1.807, 2.05) is 38.1 Å². The molecule has 2 rings (SSSR count). The molecule has 0 bridgehead atoms. The second-order valence-corrected chi connectivity index (χ2v) is 4.95. The highest BCUT2D eigenvalue weighted by Gasteiger charge is 2.05. The fourth-order valence-electron chi connectivity index (χ4n) is 2.18. The van der Waals surface area contributed by atoms with Crippen molar-refractivity contribution in [2.45, 2.75) is 20.4 Å². The number of hydrogen-bond donors (Lipinski definition) is 1. The fraction of sp³-hybridized carbons (Fsp3) is 0.167. The van der Waals surface area contributed by atoms with Gasteiger partial charge in [0, 0.05) is 17.8 Å². The molecule has 0 fully saturated rings. The van der Waals surface area contributed by atoms with E-state index in [1.165, 1.54) is 5.56 Å². The van der Waals surface area contributed by atoms with E-state index in [-0.39, 0.29) is 0 Å². The zero-order chi connectivity index (χ0) is 14.5. The third-order valence-corrected chi connectivity index (χ3v) is 3.10. The largest absolute Gasteiger partial charge is 0.326 e. The predicted molar refractivity (Wildman–Crippen MR) is 87.6 cm³/mol. The molecule has 0 radical (unpaired) electrons. The van der Waals surface area contributed by atoms with E-state index in [9.17, 15) is 0 Å². The van der Waals surface area contributed by atoms with Gasteiger partial charge in [0.1, 0.15) is 0 Å². The van der Waals surface area contributed by atoms with E-state index in [0.29, 0.717) is 6.54 Å². The van der Waals surface area contributed by atoms with Gasteiger partial charge in [0.15, 0.2) is 0 Å². The van der Waals surface area contributed by atoms with Crippen LogP contribution in [0.3, 0.4) is 0 Å². The Morgan fingerprint density at radius 3 is 2.55 bits per heavy atom. The van der Waals surface area contributed by atoms with Crippen LogP contribution in [0.25, 0.3) is 16.8 Å². The first-order valence-electron chi connectivity index (χ1n) is 6.71. The Morgan fingerprint density at radius 2 is 1.85 bits per heavy atom. The minimum Gasteiger partial charge on any atom is -0.326 e. The van der Waals surface area contributed by atoms with E-state index in [1.54, 1.807) is 0 Å². The highest BCUT2D eigenvalue weighted by atomic mass is 14.7. The zero-order valence-corrected chi connectivity index (χ0v) is 12.1. The lowest BCUT2D eigenvalue weighted by Crippen LogP contribution is -1.98. The van der Waals surface area contributed by atoms with Crippen LogP contribution in [0, 0.1) is 0 Å². The van der Waals surface area contributed by atoms with Crippen LogP contribution in [-0.2, 0) is 6.54 Å². The zero-order valence-electron chi connectivity index (χ0n) is 12.1. The number of nitrogens with zero attached hydrogens (tertiary/aromatic N) is 1. The van der Waals surface area contributed by atoms with E-state index in [2.05, 4.69) is 35.8 Å². The second kappa shape index (κ2) is 6.31. The first kappa shape index (κ1) is 14.2. The number of hydrogen-bond acceptors (Lipinski definition) is 2. The van der Waals surface area contributed by atoms with Gasteiger partial charge < -0.3 is 5.73 Å². The van der Waals surface area contributed by atoms with Crippen molar-refractivity contribution < 1.29 is 0 Å². The Morgan fingerprint density at radius 1 is 1.10 bits per heavy atom. The predicted octanol–water partition coefficient (Wildman–Crippen LogP) is 4.26. The summed E-state index contributed by atoms with van der Waals surface area (Å²) in [6, 6.07) is 16.5. The number of aliphatic imine (C=N–C) groups is 1. The Bertz CT molecular complexity index is 650. The number of nitrogens with two attached hydrogens (primary N) is 1. The van der Waals surface area contributed by atoms with E-state index < -0.39 is 0 Å². The van der Waals surface area contributed by atoms with Crippen LogP contribution < -0.4 is 5.73 Å². The molecule has 0 aromatic heterocycles. The lowest BCUT2D eigenvalue weighted by atomic mass is 9.97. The van der Waals surface area contributed by atoms with Gasteiger partial charge in [-0.05, 0) is 36.6 Å².